The molecule has 3 rings (SSSR count). The Morgan fingerprint density at radius 2 is 1.97 bits per heavy atom. The summed E-state index contributed by atoms with van der Waals surface area (Å²) in [6.45, 7) is 1.83. The van der Waals surface area contributed by atoms with Crippen molar-refractivity contribution in [3.8, 4) is 0 Å². The van der Waals surface area contributed by atoms with Gasteiger partial charge in [0.1, 0.15) is 17.4 Å². The van der Waals surface area contributed by atoms with Crippen LogP contribution in [0.15, 0.2) is 18.3 Å². The summed E-state index contributed by atoms with van der Waals surface area (Å²) in [6.07, 6.45) is -0.876. The van der Waals surface area contributed by atoms with E-state index in [2.05, 4.69) is 20.9 Å². The third-order valence-corrected chi connectivity index (χ3v) is 5.24. The maximum atomic E-state index is 12.7. The largest absolute Gasteiger partial charge is 0.417 e. The Balaban J connectivity index is 1.47. The minimum absolute atomic E-state index is 0.140. The molecule has 29 heavy (non-hydrogen) atoms. The van der Waals surface area contributed by atoms with Gasteiger partial charge in [0.15, 0.2) is 0 Å². The van der Waals surface area contributed by atoms with Gasteiger partial charge in [0, 0.05) is 19.3 Å². The molecule has 2 heterocycles. The summed E-state index contributed by atoms with van der Waals surface area (Å²) in [5.41, 5.74) is -1.72. The van der Waals surface area contributed by atoms with E-state index in [4.69, 9.17) is 0 Å². The van der Waals surface area contributed by atoms with Crippen molar-refractivity contribution in [3.63, 3.8) is 0 Å². The minimum Gasteiger partial charge on any atom is -0.368 e. The number of aromatic nitrogens is 1. The van der Waals surface area contributed by atoms with Gasteiger partial charge in [-0.3, -0.25) is 9.59 Å². The van der Waals surface area contributed by atoms with Crippen LogP contribution in [0.3, 0.4) is 0 Å². The fourth-order valence-corrected chi connectivity index (χ4v) is 3.62. The molecule has 3 N–H and O–H groups in total. The molecule has 1 aromatic heterocycles. The van der Waals surface area contributed by atoms with Crippen molar-refractivity contribution in [2.24, 2.45) is 0 Å². The van der Waals surface area contributed by atoms with Crippen LogP contribution >= 0.6 is 0 Å². The van der Waals surface area contributed by atoms with Gasteiger partial charge >= 0.3 is 12.2 Å². The summed E-state index contributed by atoms with van der Waals surface area (Å²) >= 11 is 0. The van der Waals surface area contributed by atoms with E-state index in [1.807, 2.05) is 0 Å². The van der Waals surface area contributed by atoms with E-state index in [1.165, 1.54) is 13.0 Å². The van der Waals surface area contributed by atoms with E-state index >= 15 is 0 Å². The lowest BCUT2D eigenvalue weighted by Crippen LogP contribution is -2.50. The van der Waals surface area contributed by atoms with Gasteiger partial charge in [-0.1, -0.05) is 12.8 Å². The van der Waals surface area contributed by atoms with Crippen molar-refractivity contribution >= 4 is 23.7 Å². The van der Waals surface area contributed by atoms with Crippen LogP contribution in [0.5, 0.6) is 0 Å². The molecule has 1 atom stereocenters. The molecular weight excluding hydrogens is 391 g/mol. The molecule has 0 aromatic carbocycles. The fraction of sp³-hybridized carbons (Fsp3) is 0.556. The van der Waals surface area contributed by atoms with Crippen molar-refractivity contribution < 1.29 is 27.6 Å². The molecule has 1 saturated carbocycles. The highest BCUT2D eigenvalue weighted by atomic mass is 19.4. The lowest BCUT2D eigenvalue weighted by molar-refractivity contribution is -0.138. The number of alkyl halides is 3. The number of halogens is 3. The van der Waals surface area contributed by atoms with Crippen LogP contribution in [0, 0.1) is 0 Å². The molecule has 158 valence electrons. The van der Waals surface area contributed by atoms with E-state index in [9.17, 15) is 27.6 Å². The fourth-order valence-electron chi connectivity index (χ4n) is 3.62. The number of hydrogen-bond donors (Lipinski definition) is 3. The summed E-state index contributed by atoms with van der Waals surface area (Å²) in [5.74, 6) is -0.627. The second-order valence-corrected chi connectivity index (χ2v) is 7.22. The summed E-state index contributed by atoms with van der Waals surface area (Å²) in [6, 6.07) is 0.576. The number of nitrogens with one attached hydrogen (secondary N) is 3. The Morgan fingerprint density at radius 1 is 1.28 bits per heavy atom. The topological polar surface area (TPSA) is 103 Å². The third kappa shape index (κ3) is 4.28. The van der Waals surface area contributed by atoms with Crippen LogP contribution < -0.4 is 16.0 Å². The summed E-state index contributed by atoms with van der Waals surface area (Å²) in [4.78, 5) is 41.9. The molecule has 0 bridgehead atoms. The molecular formula is C18H22F3N5O3. The molecule has 1 aliphatic heterocycles. The van der Waals surface area contributed by atoms with Gasteiger partial charge in [-0.25, -0.2) is 14.7 Å². The van der Waals surface area contributed by atoms with Gasteiger partial charge in [0.25, 0.3) is 5.91 Å². The highest BCUT2D eigenvalue weighted by molar-refractivity contribution is 6.09. The molecule has 1 saturated heterocycles. The number of nitrogens with zero attached hydrogens (tertiary/aromatic N) is 2. The summed E-state index contributed by atoms with van der Waals surface area (Å²) in [5, 5.41) is 8.12. The van der Waals surface area contributed by atoms with Gasteiger partial charge < -0.3 is 16.0 Å². The number of carbonyl (C=O) groups excluding carboxylic acids is 3. The molecule has 4 amide bonds. The Kier molecular flexibility index (Phi) is 5.67. The number of pyridine rings is 1. The molecule has 1 aromatic rings. The Labute approximate surface area is 165 Å². The maximum absolute atomic E-state index is 12.7. The van der Waals surface area contributed by atoms with E-state index in [-0.39, 0.29) is 24.8 Å². The first kappa shape index (κ1) is 20.9. The average molecular weight is 413 g/mol. The first-order chi connectivity index (χ1) is 13.6. The Morgan fingerprint density at radius 3 is 2.55 bits per heavy atom. The highest BCUT2D eigenvalue weighted by Crippen LogP contribution is 2.35. The van der Waals surface area contributed by atoms with Gasteiger partial charge in [0.05, 0.1) is 5.56 Å². The SMILES string of the molecule is CC(C(=O)NCCNc1ccc(C(F)(F)F)cn1)N1C(=O)NC2(CCCC2)C1=O. The summed E-state index contributed by atoms with van der Waals surface area (Å²) in [7, 11) is 0. The zero-order valence-electron chi connectivity index (χ0n) is 15.8. The summed E-state index contributed by atoms with van der Waals surface area (Å²) < 4.78 is 37.5. The zero-order valence-corrected chi connectivity index (χ0v) is 15.8. The first-order valence-electron chi connectivity index (χ1n) is 9.35. The lowest BCUT2D eigenvalue weighted by atomic mass is 9.97. The smallest absolute Gasteiger partial charge is 0.368 e. The van der Waals surface area contributed by atoms with Crippen molar-refractivity contribution in [3.05, 3.63) is 23.9 Å². The molecule has 11 heteroatoms. The normalized spacial score (nSPS) is 19.4. The van der Waals surface area contributed by atoms with Crippen molar-refractivity contribution in [1.29, 1.82) is 0 Å². The van der Waals surface area contributed by atoms with Gasteiger partial charge in [0.2, 0.25) is 5.91 Å². The number of carbonyl (C=O) groups is 3. The van der Waals surface area contributed by atoms with Gasteiger partial charge in [-0.05, 0) is 31.9 Å². The third-order valence-electron chi connectivity index (χ3n) is 5.24. The lowest BCUT2D eigenvalue weighted by Gasteiger charge is -2.23. The minimum atomic E-state index is -4.45. The molecule has 8 nitrogen and oxygen atoms in total. The quantitative estimate of drug-likeness (QED) is 0.488. The predicted molar refractivity (Wildman–Crippen MR) is 96.8 cm³/mol. The molecule has 2 fully saturated rings. The van der Waals surface area contributed by atoms with Crippen molar-refractivity contribution in [2.75, 3.05) is 18.4 Å². The molecule has 1 unspecified atom stereocenters. The first-order valence-corrected chi connectivity index (χ1v) is 9.35. The van der Waals surface area contributed by atoms with Gasteiger partial charge in [-0.15, -0.1) is 0 Å². The van der Waals surface area contributed by atoms with Crippen LogP contribution in [0.4, 0.5) is 23.8 Å². The maximum Gasteiger partial charge on any atom is 0.417 e. The average Bonchev–Trinajstić information content (AvgIpc) is 3.23. The van der Waals surface area contributed by atoms with E-state index in [1.54, 1.807) is 0 Å². The van der Waals surface area contributed by atoms with E-state index in [0.717, 1.165) is 30.0 Å². The Bertz CT molecular complexity index is 791. The number of amides is 4. The predicted octanol–water partition coefficient (Wildman–Crippen LogP) is 1.88. The van der Waals surface area contributed by atoms with Crippen LogP contribution in [-0.2, 0) is 15.8 Å². The second-order valence-electron chi connectivity index (χ2n) is 7.22. The highest BCUT2D eigenvalue weighted by Gasteiger charge is 2.54. The van der Waals surface area contributed by atoms with Crippen LogP contribution in [-0.4, -0.2) is 52.4 Å². The number of imide groups is 1. The van der Waals surface area contributed by atoms with Gasteiger partial charge in [-0.2, -0.15) is 13.2 Å². The van der Waals surface area contributed by atoms with Crippen molar-refractivity contribution in [2.45, 2.75) is 50.4 Å². The van der Waals surface area contributed by atoms with Crippen LogP contribution in [0.2, 0.25) is 0 Å². The van der Waals surface area contributed by atoms with Crippen LogP contribution in [0.1, 0.15) is 38.2 Å². The van der Waals surface area contributed by atoms with E-state index in [0.29, 0.717) is 12.8 Å². The Hall–Kier alpha value is -2.85. The van der Waals surface area contributed by atoms with E-state index < -0.39 is 35.3 Å². The monoisotopic (exact) mass is 413 g/mol. The van der Waals surface area contributed by atoms with Crippen LogP contribution in [0.25, 0.3) is 0 Å². The molecule has 0 radical (unpaired) electrons. The molecule has 2 aliphatic rings. The zero-order chi connectivity index (χ0) is 21.2. The number of urea groups is 1. The standard InChI is InChI=1S/C18H22F3N5O3/c1-11(26-15(28)17(25-16(26)29)6-2-3-7-17)14(27)23-9-8-22-13-5-4-12(10-24-13)18(19,20)21/h4-5,10-11H,2-3,6-9H2,1H3,(H,22,24)(H,23,27)(H,25,29). The second kappa shape index (κ2) is 7.88. The number of anilines is 1. The van der Waals surface area contributed by atoms with Crippen molar-refractivity contribution in [1.82, 2.24) is 20.5 Å². The number of hydrogen-bond acceptors (Lipinski definition) is 5. The molecule has 1 spiro atoms. The molecule has 1 aliphatic carbocycles. The number of rotatable bonds is 6.